The Labute approximate surface area is 193 Å². The molecule has 0 aliphatic carbocycles. The number of hydrazone groups is 1. The first-order valence-electron chi connectivity index (χ1n) is 9.60. The number of pyridine rings is 1. The minimum atomic E-state index is -4.60. The first-order valence-corrected chi connectivity index (χ1v) is 11.0. The molecule has 8 nitrogen and oxygen atoms in total. The van der Waals surface area contributed by atoms with Gasteiger partial charge in [0.25, 0.3) is 0 Å². The quantitative estimate of drug-likeness (QED) is 0.292. The zero-order valence-electron chi connectivity index (χ0n) is 17.6. The number of methoxy groups -OCH3 is 1. The molecule has 0 unspecified atom stereocenters. The second-order valence-electron chi connectivity index (χ2n) is 6.77. The van der Waals surface area contributed by atoms with Gasteiger partial charge in [0, 0.05) is 6.20 Å². The van der Waals surface area contributed by atoms with Gasteiger partial charge in [-0.1, -0.05) is 12.1 Å². The van der Waals surface area contributed by atoms with Crippen molar-refractivity contribution in [3.63, 3.8) is 0 Å². The molecule has 0 spiro atoms. The fraction of sp³-hybridized carbons (Fsp3) is 0.136. The monoisotopic (exact) mass is 493 g/mol. The highest BCUT2D eigenvalue weighted by atomic mass is 32.2. The number of ether oxygens (including phenoxy) is 1. The van der Waals surface area contributed by atoms with Gasteiger partial charge in [-0.15, -0.1) is 0 Å². The Morgan fingerprint density at radius 1 is 1.12 bits per heavy atom. The van der Waals surface area contributed by atoms with E-state index in [-0.39, 0.29) is 17.9 Å². The van der Waals surface area contributed by atoms with E-state index in [1.807, 2.05) is 0 Å². The SMILES string of the molecule is COc1cccc(CC(=O)NN=Cc2ncccc2OS(=O)(=O)c2ccc(C(F)(F)F)cc2)c1. The molecule has 1 aromatic heterocycles. The predicted molar refractivity (Wildman–Crippen MR) is 116 cm³/mol. The third kappa shape index (κ3) is 6.54. The number of carbonyl (C=O) groups is 1. The molecule has 2 aromatic carbocycles. The largest absolute Gasteiger partial charge is 0.497 e. The van der Waals surface area contributed by atoms with Crippen LogP contribution < -0.4 is 14.3 Å². The van der Waals surface area contributed by atoms with Gasteiger partial charge in [-0.25, -0.2) is 5.43 Å². The van der Waals surface area contributed by atoms with Crippen molar-refractivity contribution in [3.8, 4) is 11.5 Å². The summed E-state index contributed by atoms with van der Waals surface area (Å²) < 4.78 is 73.3. The molecule has 0 bridgehead atoms. The summed E-state index contributed by atoms with van der Waals surface area (Å²) in [6.07, 6.45) is -2.16. The average molecular weight is 493 g/mol. The molecule has 0 saturated heterocycles. The molecule has 0 fully saturated rings. The average Bonchev–Trinajstić information content (AvgIpc) is 2.79. The molecule has 0 aliphatic rings. The number of hydrogen-bond acceptors (Lipinski definition) is 7. The lowest BCUT2D eigenvalue weighted by atomic mass is 10.1. The lowest BCUT2D eigenvalue weighted by molar-refractivity contribution is -0.137. The third-order valence-electron chi connectivity index (χ3n) is 4.34. The zero-order chi connectivity index (χ0) is 24.8. The topological polar surface area (TPSA) is 107 Å². The molecule has 3 rings (SSSR count). The number of halogens is 3. The lowest BCUT2D eigenvalue weighted by Gasteiger charge is -2.10. The van der Waals surface area contributed by atoms with E-state index in [2.05, 4.69) is 15.5 Å². The Balaban J connectivity index is 1.69. The van der Waals surface area contributed by atoms with Gasteiger partial charge >= 0.3 is 16.3 Å². The molecular formula is C22H18F3N3O5S. The van der Waals surface area contributed by atoms with Crippen molar-refractivity contribution in [1.29, 1.82) is 0 Å². The first-order chi connectivity index (χ1) is 16.1. The number of nitrogens with zero attached hydrogens (tertiary/aromatic N) is 2. The smallest absolute Gasteiger partial charge is 0.416 e. The number of carbonyl (C=O) groups excluding carboxylic acids is 1. The summed E-state index contributed by atoms with van der Waals surface area (Å²) >= 11 is 0. The van der Waals surface area contributed by atoms with Crippen LogP contribution in [0, 0.1) is 0 Å². The van der Waals surface area contributed by atoms with E-state index in [4.69, 9.17) is 8.92 Å². The summed E-state index contributed by atoms with van der Waals surface area (Å²) in [4.78, 5) is 15.6. The Bertz CT molecular complexity index is 1290. The van der Waals surface area contributed by atoms with Crippen LogP contribution in [-0.2, 0) is 27.5 Å². The Morgan fingerprint density at radius 2 is 1.85 bits per heavy atom. The highest BCUT2D eigenvalue weighted by Gasteiger charge is 2.31. The van der Waals surface area contributed by atoms with Crippen LogP contribution >= 0.6 is 0 Å². The van der Waals surface area contributed by atoms with Crippen LogP contribution in [0.5, 0.6) is 11.5 Å². The maximum absolute atomic E-state index is 12.7. The van der Waals surface area contributed by atoms with E-state index in [9.17, 15) is 26.4 Å². The number of amides is 1. The highest BCUT2D eigenvalue weighted by molar-refractivity contribution is 7.87. The fourth-order valence-electron chi connectivity index (χ4n) is 2.72. The molecule has 0 aliphatic heterocycles. The molecule has 1 amide bonds. The van der Waals surface area contributed by atoms with Gasteiger partial charge in [-0.3, -0.25) is 9.78 Å². The van der Waals surface area contributed by atoms with Gasteiger partial charge in [-0.05, 0) is 54.1 Å². The van der Waals surface area contributed by atoms with Crippen LogP contribution in [0.4, 0.5) is 13.2 Å². The van der Waals surface area contributed by atoms with Crippen LogP contribution in [0.2, 0.25) is 0 Å². The molecule has 0 atom stereocenters. The minimum Gasteiger partial charge on any atom is -0.497 e. The molecule has 0 saturated carbocycles. The number of benzene rings is 2. The first kappa shape index (κ1) is 24.7. The summed E-state index contributed by atoms with van der Waals surface area (Å²) in [5.41, 5.74) is 1.97. The van der Waals surface area contributed by atoms with Crippen LogP contribution in [0.25, 0.3) is 0 Å². The Kier molecular flexibility index (Phi) is 7.51. The standard InChI is InChI=1S/C22H18F3N3O5S/c1-32-17-5-2-4-15(12-17)13-21(29)28-27-14-19-20(6-3-11-26-19)33-34(30,31)18-9-7-16(8-10-18)22(23,24)25/h2-12,14H,13H2,1H3,(H,28,29). The number of alkyl halides is 3. The lowest BCUT2D eigenvalue weighted by Crippen LogP contribution is -2.20. The number of rotatable bonds is 8. The van der Waals surface area contributed by atoms with E-state index in [1.165, 1.54) is 25.4 Å². The van der Waals surface area contributed by atoms with Crippen molar-refractivity contribution in [1.82, 2.24) is 10.4 Å². The second-order valence-corrected chi connectivity index (χ2v) is 8.31. The van der Waals surface area contributed by atoms with E-state index >= 15 is 0 Å². The van der Waals surface area contributed by atoms with E-state index in [1.54, 1.807) is 24.3 Å². The normalized spacial score (nSPS) is 11.9. The van der Waals surface area contributed by atoms with Crippen molar-refractivity contribution in [2.75, 3.05) is 7.11 Å². The summed E-state index contributed by atoms with van der Waals surface area (Å²) in [6, 6.07) is 12.5. The van der Waals surface area contributed by atoms with Crippen molar-refractivity contribution in [2.24, 2.45) is 5.10 Å². The summed E-state index contributed by atoms with van der Waals surface area (Å²) in [6.45, 7) is 0. The van der Waals surface area contributed by atoms with Gasteiger partial charge in [0.1, 0.15) is 16.3 Å². The van der Waals surface area contributed by atoms with Crippen LogP contribution in [0.3, 0.4) is 0 Å². The maximum atomic E-state index is 12.7. The Hall–Kier alpha value is -3.93. The maximum Gasteiger partial charge on any atom is 0.416 e. The van der Waals surface area contributed by atoms with Gasteiger partial charge in [0.05, 0.1) is 25.3 Å². The summed E-state index contributed by atoms with van der Waals surface area (Å²) in [5.74, 6) is -0.0770. The number of nitrogens with one attached hydrogen (secondary N) is 1. The third-order valence-corrected chi connectivity index (χ3v) is 5.59. The fourth-order valence-corrected chi connectivity index (χ4v) is 3.66. The Morgan fingerprint density at radius 3 is 2.53 bits per heavy atom. The van der Waals surface area contributed by atoms with E-state index < -0.39 is 32.7 Å². The molecule has 12 heteroatoms. The van der Waals surface area contributed by atoms with Crippen molar-refractivity contribution < 1.29 is 35.3 Å². The molecule has 1 N–H and O–H groups in total. The van der Waals surface area contributed by atoms with Gasteiger partial charge < -0.3 is 8.92 Å². The van der Waals surface area contributed by atoms with Crippen LogP contribution in [0.1, 0.15) is 16.8 Å². The van der Waals surface area contributed by atoms with Crippen molar-refractivity contribution in [3.05, 3.63) is 83.7 Å². The number of aromatic nitrogens is 1. The van der Waals surface area contributed by atoms with Crippen molar-refractivity contribution >= 4 is 22.2 Å². The van der Waals surface area contributed by atoms with Gasteiger partial charge in [-0.2, -0.15) is 26.7 Å². The van der Waals surface area contributed by atoms with Gasteiger partial charge in [0.15, 0.2) is 5.75 Å². The molecule has 3 aromatic rings. The van der Waals surface area contributed by atoms with Crippen molar-refractivity contribution in [2.45, 2.75) is 17.5 Å². The molecule has 34 heavy (non-hydrogen) atoms. The predicted octanol–water partition coefficient (Wildman–Crippen LogP) is 3.57. The molecule has 178 valence electrons. The number of hydrogen-bond donors (Lipinski definition) is 1. The van der Waals surface area contributed by atoms with Gasteiger partial charge in [0.2, 0.25) is 5.91 Å². The van der Waals surface area contributed by atoms with E-state index in [0.717, 1.165) is 18.3 Å². The summed E-state index contributed by atoms with van der Waals surface area (Å²) in [5, 5.41) is 3.76. The highest BCUT2D eigenvalue weighted by Crippen LogP contribution is 2.30. The zero-order valence-corrected chi connectivity index (χ0v) is 18.4. The van der Waals surface area contributed by atoms with Crippen LogP contribution in [-0.4, -0.2) is 32.6 Å². The summed E-state index contributed by atoms with van der Waals surface area (Å²) in [7, 11) is -2.95. The second kappa shape index (κ2) is 10.3. The minimum absolute atomic E-state index is 0.0163. The van der Waals surface area contributed by atoms with E-state index in [0.29, 0.717) is 23.4 Å². The molecule has 0 radical (unpaired) electrons. The molecule has 1 heterocycles. The molecular weight excluding hydrogens is 475 g/mol. The van der Waals surface area contributed by atoms with Crippen LogP contribution in [0.15, 0.2) is 76.9 Å².